The first-order chi connectivity index (χ1) is 13.0. The van der Waals surface area contributed by atoms with Crippen LogP contribution in [-0.4, -0.2) is 63.3 Å². The van der Waals surface area contributed by atoms with E-state index >= 15 is 0 Å². The first-order valence-corrected chi connectivity index (χ1v) is 9.53. The second kappa shape index (κ2) is 7.26. The Hall–Kier alpha value is -2.48. The third kappa shape index (κ3) is 3.41. The molecule has 4 rings (SSSR count). The summed E-state index contributed by atoms with van der Waals surface area (Å²) in [4.78, 5) is 26.3. The van der Waals surface area contributed by atoms with Crippen molar-refractivity contribution in [1.82, 2.24) is 24.6 Å². The monoisotopic (exact) mass is 370 g/mol. The van der Waals surface area contributed by atoms with E-state index in [0.717, 1.165) is 36.1 Å². The number of hydrogen-bond acceptors (Lipinski definition) is 6. The first kappa shape index (κ1) is 17.9. The predicted molar refractivity (Wildman–Crippen MR) is 101 cm³/mol. The number of amides is 1. The van der Waals surface area contributed by atoms with Crippen LogP contribution in [0.3, 0.4) is 0 Å². The second-order valence-corrected chi connectivity index (χ2v) is 7.26. The Morgan fingerprint density at radius 3 is 2.70 bits per heavy atom. The molecule has 2 aliphatic heterocycles. The summed E-state index contributed by atoms with van der Waals surface area (Å²) in [5.74, 6) is 0.774. The molecule has 0 spiro atoms. The highest BCUT2D eigenvalue weighted by atomic mass is 16.5. The molecule has 0 saturated carbocycles. The van der Waals surface area contributed by atoms with Gasteiger partial charge in [-0.1, -0.05) is 0 Å². The highest BCUT2D eigenvalue weighted by Crippen LogP contribution is 2.25. The van der Waals surface area contributed by atoms with Crippen LogP contribution in [0.15, 0.2) is 12.3 Å². The molecule has 144 valence electrons. The standard InChI is InChI=1S/C19H26N6O2/c1-13-17(14(2)23(3)22-13)18(26)25-10-11-27-16(12-25)15-6-7-20-19(21-15)24-8-4-5-9-24/h6-7,16H,4-5,8-12H2,1-3H3/t16-/m0/s1. The Kier molecular flexibility index (Phi) is 4.82. The molecule has 2 fully saturated rings. The van der Waals surface area contributed by atoms with Gasteiger partial charge in [0.25, 0.3) is 5.91 Å². The molecular weight excluding hydrogens is 344 g/mol. The third-order valence-corrected chi connectivity index (χ3v) is 5.46. The predicted octanol–water partition coefficient (Wildman–Crippen LogP) is 1.64. The molecule has 27 heavy (non-hydrogen) atoms. The summed E-state index contributed by atoms with van der Waals surface area (Å²) in [6.45, 7) is 7.37. The highest BCUT2D eigenvalue weighted by molar-refractivity contribution is 5.96. The lowest BCUT2D eigenvalue weighted by Crippen LogP contribution is -2.43. The van der Waals surface area contributed by atoms with Gasteiger partial charge in [-0.05, 0) is 32.8 Å². The summed E-state index contributed by atoms with van der Waals surface area (Å²) >= 11 is 0. The number of hydrogen-bond donors (Lipinski definition) is 0. The summed E-state index contributed by atoms with van der Waals surface area (Å²) in [5.41, 5.74) is 3.18. The van der Waals surface area contributed by atoms with Crippen LogP contribution < -0.4 is 4.90 Å². The van der Waals surface area contributed by atoms with E-state index in [0.29, 0.717) is 25.3 Å². The van der Waals surface area contributed by atoms with Gasteiger partial charge in [0, 0.05) is 38.6 Å². The van der Waals surface area contributed by atoms with E-state index in [-0.39, 0.29) is 12.0 Å². The number of aryl methyl sites for hydroxylation is 2. The van der Waals surface area contributed by atoms with E-state index in [9.17, 15) is 4.79 Å². The fourth-order valence-electron chi connectivity index (χ4n) is 3.86. The zero-order valence-corrected chi connectivity index (χ0v) is 16.2. The second-order valence-electron chi connectivity index (χ2n) is 7.26. The van der Waals surface area contributed by atoms with Crippen molar-refractivity contribution in [3.63, 3.8) is 0 Å². The van der Waals surface area contributed by atoms with Crippen LogP contribution in [0.25, 0.3) is 0 Å². The number of ether oxygens (including phenoxy) is 1. The Morgan fingerprint density at radius 1 is 1.22 bits per heavy atom. The molecule has 8 nitrogen and oxygen atoms in total. The lowest BCUT2D eigenvalue weighted by Gasteiger charge is -2.33. The average Bonchev–Trinajstić information content (AvgIpc) is 3.30. The summed E-state index contributed by atoms with van der Waals surface area (Å²) in [6, 6.07) is 1.89. The van der Waals surface area contributed by atoms with E-state index in [2.05, 4.69) is 15.0 Å². The van der Waals surface area contributed by atoms with Crippen LogP contribution in [0.5, 0.6) is 0 Å². The lowest BCUT2D eigenvalue weighted by molar-refractivity contribution is -0.0247. The first-order valence-electron chi connectivity index (χ1n) is 9.53. The van der Waals surface area contributed by atoms with Crippen molar-refractivity contribution in [2.24, 2.45) is 7.05 Å². The topological polar surface area (TPSA) is 76.4 Å². The van der Waals surface area contributed by atoms with Crippen LogP contribution in [0.1, 0.15) is 46.4 Å². The van der Waals surface area contributed by atoms with Gasteiger partial charge in [0.05, 0.1) is 30.1 Å². The summed E-state index contributed by atoms with van der Waals surface area (Å²) in [6.07, 6.45) is 3.92. The zero-order chi connectivity index (χ0) is 19.0. The van der Waals surface area contributed by atoms with Gasteiger partial charge in [0.15, 0.2) is 0 Å². The molecule has 0 aliphatic carbocycles. The van der Waals surface area contributed by atoms with Gasteiger partial charge in [-0.25, -0.2) is 9.97 Å². The van der Waals surface area contributed by atoms with Crippen LogP contribution in [0, 0.1) is 13.8 Å². The van der Waals surface area contributed by atoms with E-state index in [4.69, 9.17) is 9.72 Å². The number of morpholine rings is 1. The number of carbonyl (C=O) groups excluding carboxylic acids is 1. The molecule has 4 heterocycles. The fourth-order valence-corrected chi connectivity index (χ4v) is 3.86. The molecule has 0 unspecified atom stereocenters. The molecule has 8 heteroatoms. The van der Waals surface area contributed by atoms with Crippen molar-refractivity contribution < 1.29 is 9.53 Å². The molecule has 1 amide bonds. The SMILES string of the molecule is Cc1nn(C)c(C)c1C(=O)N1CCO[C@H](c2ccnc(N3CCCC3)n2)C1. The highest BCUT2D eigenvalue weighted by Gasteiger charge is 2.30. The molecule has 2 aromatic rings. The third-order valence-electron chi connectivity index (χ3n) is 5.46. The van der Waals surface area contributed by atoms with E-state index in [1.807, 2.05) is 31.9 Å². The van der Waals surface area contributed by atoms with Crippen LogP contribution in [0.2, 0.25) is 0 Å². The Balaban J connectivity index is 1.53. The minimum atomic E-state index is -0.232. The minimum Gasteiger partial charge on any atom is -0.368 e. The molecule has 0 bridgehead atoms. The average molecular weight is 370 g/mol. The fraction of sp³-hybridized carbons (Fsp3) is 0.579. The largest absolute Gasteiger partial charge is 0.368 e. The zero-order valence-electron chi connectivity index (χ0n) is 16.2. The van der Waals surface area contributed by atoms with Gasteiger partial charge in [-0.3, -0.25) is 9.48 Å². The molecule has 2 aliphatic rings. The van der Waals surface area contributed by atoms with Gasteiger partial charge >= 0.3 is 0 Å². The summed E-state index contributed by atoms with van der Waals surface area (Å²) < 4.78 is 7.70. The number of nitrogens with zero attached hydrogens (tertiary/aromatic N) is 6. The Bertz CT molecular complexity index is 843. The molecule has 2 saturated heterocycles. The summed E-state index contributed by atoms with van der Waals surface area (Å²) in [7, 11) is 1.86. The normalized spacial score (nSPS) is 20.3. The van der Waals surface area contributed by atoms with Crippen molar-refractivity contribution in [1.29, 1.82) is 0 Å². The smallest absolute Gasteiger partial charge is 0.257 e. The van der Waals surface area contributed by atoms with Gasteiger partial charge in [0.2, 0.25) is 5.95 Å². The van der Waals surface area contributed by atoms with Gasteiger partial charge in [0.1, 0.15) is 6.10 Å². The molecule has 2 aromatic heterocycles. The number of aromatic nitrogens is 4. The van der Waals surface area contributed by atoms with Crippen LogP contribution in [0.4, 0.5) is 5.95 Å². The molecule has 0 radical (unpaired) electrons. The van der Waals surface area contributed by atoms with Gasteiger partial charge < -0.3 is 14.5 Å². The van der Waals surface area contributed by atoms with Gasteiger partial charge in [-0.15, -0.1) is 0 Å². The van der Waals surface area contributed by atoms with Crippen molar-refractivity contribution in [2.45, 2.75) is 32.8 Å². The number of carbonyl (C=O) groups is 1. The molecule has 0 aromatic carbocycles. The van der Waals surface area contributed by atoms with Crippen molar-refractivity contribution >= 4 is 11.9 Å². The lowest BCUT2D eigenvalue weighted by atomic mass is 10.1. The maximum atomic E-state index is 13.1. The molecular formula is C19H26N6O2. The molecule has 0 N–H and O–H groups in total. The minimum absolute atomic E-state index is 0.0141. The van der Waals surface area contributed by atoms with E-state index in [1.54, 1.807) is 10.9 Å². The maximum absolute atomic E-state index is 13.1. The van der Waals surface area contributed by atoms with Crippen LogP contribution in [-0.2, 0) is 11.8 Å². The van der Waals surface area contributed by atoms with E-state index in [1.165, 1.54) is 12.8 Å². The van der Waals surface area contributed by atoms with E-state index < -0.39 is 0 Å². The quantitative estimate of drug-likeness (QED) is 0.818. The van der Waals surface area contributed by atoms with Gasteiger partial charge in [-0.2, -0.15) is 5.10 Å². The maximum Gasteiger partial charge on any atom is 0.257 e. The molecule has 1 atom stereocenters. The Morgan fingerprint density at radius 2 is 2.00 bits per heavy atom. The number of rotatable bonds is 3. The van der Waals surface area contributed by atoms with Crippen molar-refractivity contribution in [3.05, 3.63) is 34.9 Å². The Labute approximate surface area is 159 Å². The van der Waals surface area contributed by atoms with Crippen molar-refractivity contribution in [2.75, 3.05) is 37.7 Å². The summed E-state index contributed by atoms with van der Waals surface area (Å²) in [5, 5.41) is 4.37. The van der Waals surface area contributed by atoms with Crippen molar-refractivity contribution in [3.8, 4) is 0 Å². The number of anilines is 1. The van der Waals surface area contributed by atoms with Crippen LogP contribution >= 0.6 is 0 Å².